The average molecular weight is 282 g/mol. The van der Waals surface area contributed by atoms with E-state index in [1.165, 1.54) is 0 Å². The van der Waals surface area contributed by atoms with Crippen LogP contribution in [0.4, 0.5) is 0 Å². The van der Waals surface area contributed by atoms with E-state index in [1.807, 2.05) is 0 Å². The van der Waals surface area contributed by atoms with Crippen molar-refractivity contribution in [3.63, 3.8) is 0 Å². The number of amides is 1. The van der Waals surface area contributed by atoms with Gasteiger partial charge in [-0.25, -0.2) is 13.1 Å². The van der Waals surface area contributed by atoms with Crippen LogP contribution in [0.25, 0.3) is 10.9 Å². The number of benzene rings is 1. The van der Waals surface area contributed by atoms with Gasteiger partial charge in [-0.3, -0.25) is 14.3 Å². The van der Waals surface area contributed by atoms with Crippen LogP contribution < -0.4 is 10.3 Å². The van der Waals surface area contributed by atoms with Crippen molar-refractivity contribution in [1.82, 2.24) is 19.7 Å². The zero-order valence-electron chi connectivity index (χ0n) is 9.90. The molecule has 0 bridgehead atoms. The Labute approximate surface area is 108 Å². The van der Waals surface area contributed by atoms with Gasteiger partial charge in [-0.05, 0) is 12.1 Å². The number of carbonyl (C=O) groups is 1. The van der Waals surface area contributed by atoms with Gasteiger partial charge in [-0.1, -0.05) is 17.3 Å². The van der Waals surface area contributed by atoms with E-state index in [0.29, 0.717) is 10.9 Å². The second-order valence-electron chi connectivity index (χ2n) is 3.87. The van der Waals surface area contributed by atoms with Crippen molar-refractivity contribution in [2.45, 2.75) is 6.54 Å². The van der Waals surface area contributed by atoms with Crippen molar-refractivity contribution in [3.05, 3.63) is 34.6 Å². The minimum atomic E-state index is -3.66. The highest BCUT2D eigenvalue weighted by atomic mass is 32.2. The van der Waals surface area contributed by atoms with E-state index in [-0.39, 0.29) is 0 Å². The molecule has 0 aliphatic carbocycles. The molecule has 0 radical (unpaired) electrons. The molecule has 0 unspecified atom stereocenters. The van der Waals surface area contributed by atoms with E-state index in [9.17, 15) is 18.0 Å². The van der Waals surface area contributed by atoms with Crippen LogP contribution in [0.3, 0.4) is 0 Å². The number of hydrogen-bond acceptors (Lipinski definition) is 6. The third kappa shape index (κ3) is 3.13. The highest BCUT2D eigenvalue weighted by Gasteiger charge is 2.12. The van der Waals surface area contributed by atoms with Crippen LogP contribution in [0.1, 0.15) is 0 Å². The normalized spacial score (nSPS) is 11.4. The van der Waals surface area contributed by atoms with E-state index < -0.39 is 28.0 Å². The number of fused-ring (bicyclic) bond motifs is 1. The van der Waals surface area contributed by atoms with Gasteiger partial charge in [0, 0.05) is 0 Å². The fourth-order valence-corrected chi connectivity index (χ4v) is 1.98. The van der Waals surface area contributed by atoms with Crippen molar-refractivity contribution < 1.29 is 13.2 Å². The fourth-order valence-electron chi connectivity index (χ4n) is 1.50. The SMILES string of the molecule is CS(=O)(=O)NC(=O)Cn1nnc2ccccc2c1=O. The second kappa shape index (κ2) is 4.76. The topological polar surface area (TPSA) is 111 Å². The molecule has 1 heterocycles. The van der Waals surface area contributed by atoms with Crippen molar-refractivity contribution in [1.29, 1.82) is 0 Å². The molecule has 1 aromatic carbocycles. The van der Waals surface area contributed by atoms with Crippen molar-refractivity contribution in [2.24, 2.45) is 0 Å². The number of nitrogens with zero attached hydrogens (tertiary/aromatic N) is 3. The monoisotopic (exact) mass is 282 g/mol. The highest BCUT2D eigenvalue weighted by molar-refractivity contribution is 7.89. The van der Waals surface area contributed by atoms with Crippen molar-refractivity contribution >= 4 is 26.8 Å². The summed E-state index contributed by atoms with van der Waals surface area (Å²) in [6, 6.07) is 6.53. The number of carbonyl (C=O) groups excluding carboxylic acids is 1. The summed E-state index contributed by atoms with van der Waals surface area (Å²) in [5, 5.41) is 7.66. The number of aromatic nitrogens is 3. The van der Waals surface area contributed by atoms with E-state index >= 15 is 0 Å². The molecular weight excluding hydrogens is 272 g/mol. The Morgan fingerprint density at radius 1 is 1.37 bits per heavy atom. The summed E-state index contributed by atoms with van der Waals surface area (Å²) in [5.41, 5.74) is -0.0958. The molecular formula is C10H10N4O4S. The van der Waals surface area contributed by atoms with Gasteiger partial charge in [-0.15, -0.1) is 5.10 Å². The van der Waals surface area contributed by atoms with Gasteiger partial charge in [0.2, 0.25) is 10.0 Å². The predicted molar refractivity (Wildman–Crippen MR) is 66.8 cm³/mol. The Kier molecular flexibility index (Phi) is 3.30. The van der Waals surface area contributed by atoms with Crippen LogP contribution >= 0.6 is 0 Å². The van der Waals surface area contributed by atoms with Gasteiger partial charge in [0.05, 0.1) is 11.6 Å². The zero-order valence-corrected chi connectivity index (χ0v) is 10.7. The molecule has 1 amide bonds. The molecule has 0 saturated carbocycles. The lowest BCUT2D eigenvalue weighted by molar-refractivity contribution is -0.120. The molecule has 2 rings (SSSR count). The molecule has 0 spiro atoms. The number of rotatable bonds is 3. The standard InChI is InChI=1S/C10H10N4O4S/c1-19(17,18)12-9(15)6-14-10(16)7-4-2-3-5-8(7)11-13-14/h2-5H,6H2,1H3,(H,12,15). The first kappa shape index (κ1) is 13.1. The Morgan fingerprint density at radius 2 is 2.05 bits per heavy atom. The quantitative estimate of drug-likeness (QED) is 0.762. The Hall–Kier alpha value is -2.29. The third-order valence-corrected chi connectivity index (χ3v) is 2.82. The largest absolute Gasteiger partial charge is 0.278 e. The van der Waals surface area contributed by atoms with E-state index in [2.05, 4.69) is 10.3 Å². The van der Waals surface area contributed by atoms with Crippen LogP contribution in [0.2, 0.25) is 0 Å². The lowest BCUT2D eigenvalue weighted by atomic mass is 10.2. The predicted octanol–water partition coefficient (Wildman–Crippen LogP) is -1.13. The molecule has 9 heteroatoms. The summed E-state index contributed by atoms with van der Waals surface area (Å²) in [4.78, 5) is 23.4. The summed E-state index contributed by atoms with van der Waals surface area (Å²) in [6.45, 7) is -0.510. The Balaban J connectivity index is 2.34. The molecule has 1 aromatic heterocycles. The summed E-state index contributed by atoms with van der Waals surface area (Å²) in [5.74, 6) is -0.853. The minimum absolute atomic E-state index is 0.310. The first-order valence-electron chi connectivity index (χ1n) is 5.20. The lowest BCUT2D eigenvalue weighted by Gasteiger charge is -2.04. The maximum absolute atomic E-state index is 12.0. The van der Waals surface area contributed by atoms with Gasteiger partial charge < -0.3 is 0 Å². The zero-order chi connectivity index (χ0) is 14.0. The average Bonchev–Trinajstić information content (AvgIpc) is 2.31. The fraction of sp³-hybridized carbons (Fsp3) is 0.200. The van der Waals surface area contributed by atoms with E-state index in [0.717, 1.165) is 10.9 Å². The molecule has 8 nitrogen and oxygen atoms in total. The van der Waals surface area contributed by atoms with E-state index in [4.69, 9.17) is 0 Å². The van der Waals surface area contributed by atoms with Crippen LogP contribution in [0.15, 0.2) is 29.1 Å². The molecule has 0 saturated heterocycles. The second-order valence-corrected chi connectivity index (χ2v) is 5.62. The maximum Gasteiger partial charge on any atom is 0.278 e. The van der Waals surface area contributed by atoms with E-state index in [1.54, 1.807) is 29.0 Å². The first-order chi connectivity index (χ1) is 8.87. The lowest BCUT2D eigenvalue weighted by Crippen LogP contribution is -2.36. The highest BCUT2D eigenvalue weighted by Crippen LogP contribution is 2.03. The smallest absolute Gasteiger partial charge is 0.272 e. The van der Waals surface area contributed by atoms with Gasteiger partial charge in [0.25, 0.3) is 11.5 Å². The number of hydrogen-bond donors (Lipinski definition) is 1. The molecule has 0 aliphatic rings. The minimum Gasteiger partial charge on any atom is -0.272 e. The van der Waals surface area contributed by atoms with Crippen molar-refractivity contribution in [2.75, 3.05) is 6.26 Å². The molecule has 2 aromatic rings. The van der Waals surface area contributed by atoms with Gasteiger partial charge in [0.15, 0.2) is 0 Å². The maximum atomic E-state index is 12.0. The molecule has 0 aliphatic heterocycles. The molecule has 100 valence electrons. The summed E-state index contributed by atoms with van der Waals surface area (Å²) < 4.78 is 24.3. The molecule has 0 atom stereocenters. The molecule has 0 fully saturated rings. The Bertz CT molecular complexity index is 797. The van der Waals surface area contributed by atoms with Gasteiger partial charge >= 0.3 is 0 Å². The van der Waals surface area contributed by atoms with Crippen LogP contribution in [0.5, 0.6) is 0 Å². The summed E-state index contributed by atoms with van der Waals surface area (Å²) in [6.07, 6.45) is 0.847. The van der Waals surface area contributed by atoms with Gasteiger partial charge in [-0.2, -0.15) is 0 Å². The molecule has 1 N–H and O–H groups in total. The first-order valence-corrected chi connectivity index (χ1v) is 7.09. The van der Waals surface area contributed by atoms with Crippen molar-refractivity contribution in [3.8, 4) is 0 Å². The molecule has 19 heavy (non-hydrogen) atoms. The third-order valence-electron chi connectivity index (χ3n) is 2.22. The Morgan fingerprint density at radius 3 is 2.74 bits per heavy atom. The van der Waals surface area contributed by atoms with Crippen LogP contribution in [-0.4, -0.2) is 35.6 Å². The number of nitrogens with one attached hydrogen (secondary N) is 1. The van der Waals surface area contributed by atoms with Gasteiger partial charge in [0.1, 0.15) is 12.1 Å². The van der Waals surface area contributed by atoms with Crippen LogP contribution in [0, 0.1) is 0 Å². The summed E-state index contributed by atoms with van der Waals surface area (Å²) >= 11 is 0. The number of sulfonamides is 1. The van der Waals surface area contributed by atoms with Crippen LogP contribution in [-0.2, 0) is 21.4 Å². The summed E-state index contributed by atoms with van der Waals surface area (Å²) in [7, 11) is -3.66.